The molecule has 2 aromatic rings. The summed E-state index contributed by atoms with van der Waals surface area (Å²) < 4.78 is 18.4. The second-order valence-electron chi connectivity index (χ2n) is 5.40. The topological polar surface area (TPSA) is 38.2 Å². The Labute approximate surface area is 133 Å². The summed E-state index contributed by atoms with van der Waals surface area (Å²) in [7, 11) is 0. The number of hydrogen-bond acceptors (Lipinski definition) is 4. The van der Waals surface area contributed by atoms with Gasteiger partial charge in [-0.1, -0.05) is 23.7 Å². The van der Waals surface area contributed by atoms with Crippen molar-refractivity contribution in [2.24, 2.45) is 0 Å². The van der Waals surface area contributed by atoms with E-state index < -0.39 is 5.82 Å². The summed E-state index contributed by atoms with van der Waals surface area (Å²) in [5, 5.41) is 0.759. The maximum atomic E-state index is 12.8. The van der Waals surface area contributed by atoms with Gasteiger partial charge in [0.05, 0.1) is 12.4 Å². The molecule has 0 atom stereocenters. The lowest BCUT2D eigenvalue weighted by atomic mass is 10.1. The van der Waals surface area contributed by atoms with Gasteiger partial charge in [0.2, 0.25) is 0 Å². The summed E-state index contributed by atoms with van der Waals surface area (Å²) in [5.41, 5.74) is 1.26. The Morgan fingerprint density at radius 1 is 1.14 bits per heavy atom. The molecule has 1 aromatic heterocycles. The number of halogens is 2. The third kappa shape index (κ3) is 4.15. The quantitative estimate of drug-likeness (QED) is 0.866. The van der Waals surface area contributed by atoms with Crippen molar-refractivity contribution >= 4 is 11.6 Å². The van der Waals surface area contributed by atoms with Crippen LogP contribution in [0.4, 0.5) is 4.39 Å². The minimum atomic E-state index is -0.454. The first-order valence-electron chi connectivity index (χ1n) is 7.30. The van der Waals surface area contributed by atoms with E-state index in [0.717, 1.165) is 49.9 Å². The molecule has 0 saturated carbocycles. The van der Waals surface area contributed by atoms with Crippen LogP contribution in [0.1, 0.15) is 18.4 Å². The largest absolute Gasteiger partial charge is 0.460 e. The molecule has 0 N–H and O–H groups in total. The zero-order valence-corrected chi connectivity index (χ0v) is 12.8. The molecular formula is C16H17ClFN3O. The van der Waals surface area contributed by atoms with Crippen LogP contribution in [0.2, 0.25) is 5.02 Å². The number of benzene rings is 1. The Balaban J connectivity index is 1.47. The lowest BCUT2D eigenvalue weighted by Gasteiger charge is -2.31. The Kier molecular flexibility index (Phi) is 4.85. The summed E-state index contributed by atoms with van der Waals surface area (Å²) in [4.78, 5) is 10.0. The van der Waals surface area contributed by atoms with E-state index in [1.807, 2.05) is 12.1 Å². The Hall–Kier alpha value is -1.72. The molecule has 4 nitrogen and oxygen atoms in total. The van der Waals surface area contributed by atoms with Gasteiger partial charge < -0.3 is 4.74 Å². The summed E-state index contributed by atoms with van der Waals surface area (Å²) in [6, 6.07) is 8.18. The highest BCUT2D eigenvalue weighted by Gasteiger charge is 2.21. The number of piperidine rings is 1. The maximum absolute atomic E-state index is 12.8. The van der Waals surface area contributed by atoms with Crippen molar-refractivity contribution < 1.29 is 9.13 Å². The predicted octanol–water partition coefficient (Wildman–Crippen LogP) is 3.31. The number of nitrogens with zero attached hydrogens (tertiary/aromatic N) is 3. The van der Waals surface area contributed by atoms with Crippen molar-refractivity contribution in [1.29, 1.82) is 0 Å². The van der Waals surface area contributed by atoms with Crippen molar-refractivity contribution in [1.82, 2.24) is 14.9 Å². The Morgan fingerprint density at radius 2 is 1.77 bits per heavy atom. The van der Waals surface area contributed by atoms with Gasteiger partial charge in [0.1, 0.15) is 6.10 Å². The van der Waals surface area contributed by atoms with E-state index in [0.29, 0.717) is 0 Å². The van der Waals surface area contributed by atoms with Gasteiger partial charge in [0.25, 0.3) is 0 Å². The standard InChI is InChI=1S/C16H17ClFN3O/c17-13-3-1-12(2-4-13)11-21-7-5-15(6-8-21)22-16-19-9-14(18)10-20-16/h1-4,9-10,15H,5-8,11H2. The molecule has 3 rings (SSSR count). The smallest absolute Gasteiger partial charge is 0.316 e. The first-order chi connectivity index (χ1) is 10.7. The fraction of sp³-hybridized carbons (Fsp3) is 0.375. The van der Waals surface area contributed by atoms with Crippen LogP contribution >= 0.6 is 11.6 Å². The average molecular weight is 322 g/mol. The van der Waals surface area contributed by atoms with Crippen LogP contribution in [0.5, 0.6) is 6.01 Å². The van der Waals surface area contributed by atoms with Gasteiger partial charge in [-0.3, -0.25) is 4.90 Å². The average Bonchev–Trinajstić information content (AvgIpc) is 2.54. The monoisotopic (exact) mass is 321 g/mol. The molecule has 0 spiro atoms. The fourth-order valence-electron chi connectivity index (χ4n) is 2.54. The molecule has 1 aliphatic rings. The number of likely N-dealkylation sites (tertiary alicyclic amines) is 1. The third-order valence-electron chi connectivity index (χ3n) is 3.72. The number of ether oxygens (including phenoxy) is 1. The third-order valence-corrected chi connectivity index (χ3v) is 3.97. The normalized spacial score (nSPS) is 16.6. The van der Waals surface area contributed by atoms with Gasteiger partial charge in [-0.15, -0.1) is 0 Å². The van der Waals surface area contributed by atoms with Gasteiger partial charge in [-0.05, 0) is 30.5 Å². The lowest BCUT2D eigenvalue weighted by Crippen LogP contribution is -2.38. The second kappa shape index (κ2) is 7.03. The van der Waals surface area contributed by atoms with E-state index in [9.17, 15) is 4.39 Å². The molecule has 1 fully saturated rings. The van der Waals surface area contributed by atoms with Gasteiger partial charge >= 0.3 is 6.01 Å². The highest BCUT2D eigenvalue weighted by atomic mass is 35.5. The SMILES string of the molecule is Fc1cnc(OC2CCN(Cc3ccc(Cl)cc3)CC2)nc1. The molecule has 0 bridgehead atoms. The number of hydrogen-bond donors (Lipinski definition) is 0. The molecule has 22 heavy (non-hydrogen) atoms. The maximum Gasteiger partial charge on any atom is 0.316 e. The van der Waals surface area contributed by atoms with E-state index in [4.69, 9.17) is 16.3 Å². The zero-order valence-electron chi connectivity index (χ0n) is 12.1. The predicted molar refractivity (Wildman–Crippen MR) is 82.4 cm³/mol. The molecule has 0 radical (unpaired) electrons. The number of aromatic nitrogens is 2. The highest BCUT2D eigenvalue weighted by molar-refractivity contribution is 6.30. The molecule has 1 saturated heterocycles. The summed E-state index contributed by atoms with van der Waals surface area (Å²) >= 11 is 5.89. The Bertz CT molecular complexity index is 542. The molecular weight excluding hydrogens is 305 g/mol. The molecule has 0 unspecified atom stereocenters. The van der Waals surface area contributed by atoms with Gasteiger partial charge in [-0.2, -0.15) is 0 Å². The summed E-state index contributed by atoms with van der Waals surface area (Å²) in [5.74, 6) is -0.454. The highest BCUT2D eigenvalue weighted by Crippen LogP contribution is 2.18. The van der Waals surface area contributed by atoms with Crippen molar-refractivity contribution in [2.75, 3.05) is 13.1 Å². The van der Waals surface area contributed by atoms with E-state index in [2.05, 4.69) is 27.0 Å². The van der Waals surface area contributed by atoms with Crippen LogP contribution < -0.4 is 4.74 Å². The van der Waals surface area contributed by atoms with E-state index >= 15 is 0 Å². The van der Waals surface area contributed by atoms with E-state index in [-0.39, 0.29) is 12.1 Å². The molecule has 2 heterocycles. The summed E-state index contributed by atoms with van der Waals surface area (Å²) in [6.07, 6.45) is 4.16. The van der Waals surface area contributed by atoms with Gasteiger partial charge in [0, 0.05) is 24.7 Å². The second-order valence-corrected chi connectivity index (χ2v) is 5.84. The lowest BCUT2D eigenvalue weighted by molar-refractivity contribution is 0.0890. The van der Waals surface area contributed by atoms with Crippen LogP contribution in [0.15, 0.2) is 36.7 Å². The Morgan fingerprint density at radius 3 is 2.41 bits per heavy atom. The van der Waals surface area contributed by atoms with Crippen LogP contribution in [0.3, 0.4) is 0 Å². The van der Waals surface area contributed by atoms with E-state index in [1.165, 1.54) is 5.56 Å². The first-order valence-corrected chi connectivity index (χ1v) is 7.68. The van der Waals surface area contributed by atoms with Crippen LogP contribution in [0.25, 0.3) is 0 Å². The van der Waals surface area contributed by atoms with Crippen LogP contribution in [-0.4, -0.2) is 34.1 Å². The van der Waals surface area contributed by atoms with Crippen molar-refractivity contribution in [3.05, 3.63) is 53.1 Å². The molecule has 1 aliphatic heterocycles. The van der Waals surface area contributed by atoms with Crippen LogP contribution in [-0.2, 0) is 6.54 Å². The minimum absolute atomic E-state index is 0.0897. The fourth-order valence-corrected chi connectivity index (χ4v) is 2.67. The van der Waals surface area contributed by atoms with Gasteiger partial charge in [0.15, 0.2) is 5.82 Å². The van der Waals surface area contributed by atoms with Crippen molar-refractivity contribution in [3.63, 3.8) is 0 Å². The van der Waals surface area contributed by atoms with Crippen LogP contribution in [0, 0.1) is 5.82 Å². The molecule has 0 amide bonds. The van der Waals surface area contributed by atoms with E-state index in [1.54, 1.807) is 0 Å². The minimum Gasteiger partial charge on any atom is -0.460 e. The molecule has 0 aliphatic carbocycles. The molecule has 1 aromatic carbocycles. The van der Waals surface area contributed by atoms with Crippen molar-refractivity contribution in [3.8, 4) is 6.01 Å². The number of rotatable bonds is 4. The summed E-state index contributed by atoms with van der Waals surface area (Å²) in [6.45, 7) is 2.82. The van der Waals surface area contributed by atoms with Crippen molar-refractivity contribution in [2.45, 2.75) is 25.5 Å². The zero-order chi connectivity index (χ0) is 15.4. The molecule has 116 valence electrons. The van der Waals surface area contributed by atoms with Gasteiger partial charge in [-0.25, -0.2) is 14.4 Å². The first kappa shape index (κ1) is 15.2. The molecule has 6 heteroatoms.